The molecule has 0 heterocycles. The van der Waals surface area contributed by atoms with Gasteiger partial charge in [-0.2, -0.15) is 0 Å². The van der Waals surface area contributed by atoms with E-state index in [1.54, 1.807) is 6.08 Å². The van der Waals surface area contributed by atoms with Gasteiger partial charge in [0.2, 0.25) is 5.91 Å². The molecule has 0 saturated heterocycles. The zero-order valence-corrected chi connectivity index (χ0v) is 57.8. The van der Waals surface area contributed by atoms with Crippen molar-refractivity contribution in [1.29, 1.82) is 0 Å². The lowest BCUT2D eigenvalue weighted by atomic mass is 10.0. The molecular formula is C80H149NO5. The van der Waals surface area contributed by atoms with Crippen molar-refractivity contribution in [2.45, 2.75) is 424 Å². The molecule has 0 bridgehead atoms. The van der Waals surface area contributed by atoms with E-state index in [0.29, 0.717) is 19.4 Å². The van der Waals surface area contributed by atoms with Crippen LogP contribution >= 0.6 is 0 Å². The second-order valence-electron chi connectivity index (χ2n) is 26.3. The molecule has 6 heteroatoms. The molecule has 0 aliphatic carbocycles. The average Bonchev–Trinajstić information content (AvgIpc) is 3.60. The summed E-state index contributed by atoms with van der Waals surface area (Å²) in [5.74, 6) is -0.0541. The van der Waals surface area contributed by atoms with Gasteiger partial charge in [-0.15, -0.1) is 0 Å². The van der Waals surface area contributed by atoms with Crippen molar-refractivity contribution in [3.63, 3.8) is 0 Å². The van der Waals surface area contributed by atoms with Gasteiger partial charge < -0.3 is 20.3 Å². The summed E-state index contributed by atoms with van der Waals surface area (Å²) in [5.41, 5.74) is 0. The fourth-order valence-corrected chi connectivity index (χ4v) is 11.9. The third kappa shape index (κ3) is 70.6. The molecule has 0 aromatic rings. The number of ether oxygens (including phenoxy) is 1. The van der Waals surface area contributed by atoms with Crippen LogP contribution in [0.4, 0.5) is 0 Å². The number of nitrogens with one attached hydrogen (secondary N) is 1. The monoisotopic (exact) mass is 1200 g/mol. The highest BCUT2D eigenvalue weighted by Gasteiger charge is 2.18. The Balaban J connectivity index is 3.38. The highest BCUT2D eigenvalue weighted by Crippen LogP contribution is 2.19. The second kappa shape index (κ2) is 75.0. The Labute approximate surface area is 537 Å². The summed E-state index contributed by atoms with van der Waals surface area (Å²) in [6.45, 7) is 4.91. The van der Waals surface area contributed by atoms with Crippen LogP contribution in [0.25, 0.3) is 0 Å². The fraction of sp³-hybridized carbons (Fsp3) is 0.850. The molecule has 0 aliphatic rings. The summed E-state index contributed by atoms with van der Waals surface area (Å²) in [5, 5.41) is 23.2. The number of aliphatic hydroxyl groups is 2. The van der Waals surface area contributed by atoms with Gasteiger partial charge in [-0.3, -0.25) is 9.59 Å². The van der Waals surface area contributed by atoms with Crippen molar-refractivity contribution < 1.29 is 24.5 Å². The van der Waals surface area contributed by atoms with E-state index in [1.807, 2.05) is 6.08 Å². The van der Waals surface area contributed by atoms with Gasteiger partial charge in [0.05, 0.1) is 25.4 Å². The lowest BCUT2D eigenvalue weighted by Gasteiger charge is -2.20. The molecule has 0 aromatic heterocycles. The number of esters is 1. The molecule has 0 rings (SSSR count). The van der Waals surface area contributed by atoms with Gasteiger partial charge >= 0.3 is 5.97 Å². The van der Waals surface area contributed by atoms with Gasteiger partial charge in [0.25, 0.3) is 0 Å². The zero-order valence-electron chi connectivity index (χ0n) is 57.8. The molecule has 86 heavy (non-hydrogen) atoms. The highest BCUT2D eigenvalue weighted by molar-refractivity contribution is 5.76. The molecule has 0 radical (unpaired) electrons. The van der Waals surface area contributed by atoms with Gasteiger partial charge in [-0.1, -0.05) is 364 Å². The van der Waals surface area contributed by atoms with Crippen LogP contribution in [0.3, 0.4) is 0 Å². The van der Waals surface area contributed by atoms with Crippen molar-refractivity contribution >= 4 is 11.9 Å². The smallest absolute Gasteiger partial charge is 0.305 e. The van der Waals surface area contributed by atoms with E-state index < -0.39 is 12.1 Å². The first-order valence-corrected chi connectivity index (χ1v) is 38.6. The van der Waals surface area contributed by atoms with Crippen LogP contribution < -0.4 is 5.32 Å². The first-order chi connectivity index (χ1) is 42.5. The van der Waals surface area contributed by atoms with Crippen molar-refractivity contribution in [3.05, 3.63) is 60.8 Å². The summed E-state index contributed by atoms with van der Waals surface area (Å²) in [6.07, 6.45) is 100. The number of unbranched alkanes of at least 4 members (excludes halogenated alkanes) is 53. The van der Waals surface area contributed by atoms with E-state index in [1.165, 1.54) is 327 Å². The van der Waals surface area contributed by atoms with Crippen LogP contribution in [0.5, 0.6) is 0 Å². The largest absolute Gasteiger partial charge is 0.466 e. The molecule has 2 atom stereocenters. The zero-order chi connectivity index (χ0) is 62.0. The Morgan fingerprint density at radius 2 is 0.581 bits per heavy atom. The van der Waals surface area contributed by atoms with Crippen molar-refractivity contribution in [2.75, 3.05) is 13.2 Å². The van der Waals surface area contributed by atoms with Gasteiger partial charge in [-0.25, -0.2) is 0 Å². The number of hydrogen-bond acceptors (Lipinski definition) is 5. The average molecular weight is 1210 g/mol. The van der Waals surface area contributed by atoms with E-state index in [4.69, 9.17) is 4.74 Å². The maximum Gasteiger partial charge on any atom is 0.305 e. The third-order valence-corrected chi connectivity index (χ3v) is 17.8. The molecule has 0 aromatic carbocycles. The molecule has 0 fully saturated rings. The number of aliphatic hydroxyl groups excluding tert-OH is 2. The Kier molecular flexibility index (Phi) is 72.9. The molecule has 504 valence electrons. The molecule has 0 saturated carbocycles. The fourth-order valence-electron chi connectivity index (χ4n) is 11.9. The minimum absolute atomic E-state index is 0.00931. The van der Waals surface area contributed by atoms with Crippen LogP contribution in [0.15, 0.2) is 60.8 Å². The summed E-state index contributed by atoms with van der Waals surface area (Å²) in [6, 6.07) is -0.627. The van der Waals surface area contributed by atoms with Crippen LogP contribution in [-0.4, -0.2) is 47.4 Å². The van der Waals surface area contributed by atoms with Gasteiger partial charge in [-0.05, 0) is 96.3 Å². The first-order valence-electron chi connectivity index (χ1n) is 38.6. The van der Waals surface area contributed by atoms with Crippen molar-refractivity contribution in [1.82, 2.24) is 5.32 Å². The molecule has 2 unspecified atom stereocenters. The molecule has 6 nitrogen and oxygen atoms in total. The Morgan fingerprint density at radius 1 is 0.326 bits per heavy atom. The summed E-state index contributed by atoms with van der Waals surface area (Å²) in [4.78, 5) is 24.6. The maximum atomic E-state index is 12.5. The number of amides is 1. The third-order valence-electron chi connectivity index (χ3n) is 17.8. The first kappa shape index (κ1) is 83.6. The minimum atomic E-state index is -0.844. The Morgan fingerprint density at radius 3 is 0.895 bits per heavy atom. The van der Waals surface area contributed by atoms with Gasteiger partial charge in [0.1, 0.15) is 0 Å². The lowest BCUT2D eigenvalue weighted by Crippen LogP contribution is -2.45. The van der Waals surface area contributed by atoms with E-state index in [0.717, 1.165) is 57.8 Å². The van der Waals surface area contributed by atoms with E-state index in [2.05, 4.69) is 67.8 Å². The number of carbonyl (C=O) groups is 2. The number of rotatable bonds is 72. The topological polar surface area (TPSA) is 95.9 Å². The van der Waals surface area contributed by atoms with Gasteiger partial charge in [0, 0.05) is 12.8 Å². The lowest BCUT2D eigenvalue weighted by molar-refractivity contribution is -0.143. The van der Waals surface area contributed by atoms with E-state index in [9.17, 15) is 19.8 Å². The summed E-state index contributed by atoms with van der Waals surface area (Å²) < 4.78 is 5.50. The van der Waals surface area contributed by atoms with Crippen molar-refractivity contribution in [2.24, 2.45) is 0 Å². The van der Waals surface area contributed by atoms with Crippen LogP contribution in [-0.2, 0) is 14.3 Å². The minimum Gasteiger partial charge on any atom is -0.466 e. The van der Waals surface area contributed by atoms with Gasteiger partial charge in [0.15, 0.2) is 0 Å². The molecule has 0 spiro atoms. The van der Waals surface area contributed by atoms with Crippen LogP contribution in [0.2, 0.25) is 0 Å². The van der Waals surface area contributed by atoms with E-state index >= 15 is 0 Å². The maximum absolute atomic E-state index is 12.5. The predicted molar refractivity (Wildman–Crippen MR) is 379 cm³/mol. The number of hydrogen-bond donors (Lipinski definition) is 3. The Bertz CT molecular complexity index is 1480. The Hall–Kier alpha value is -2.44. The standard InChI is InChI=1S/C80H149NO5/c1-3-5-7-9-11-13-15-17-19-21-42-46-50-54-58-62-66-70-74-80(85)86-75-71-67-63-59-55-51-47-43-40-38-36-34-32-30-28-26-24-22-23-25-27-29-31-33-35-37-39-41-45-49-53-57-61-65-69-73-79(84)81-77(76-82)78(83)72-68-64-60-56-52-48-44-20-18-16-14-12-10-8-6-4-2/h13,15,19,21,24,26,30,32,68,72,77-78,82-83H,3-12,14,16-18,20,22-23,25,27-29,31,33-67,69-71,73-76H2,1-2H3,(H,81,84)/b15-13-,21-19-,26-24-,32-30-,72-68+. The second-order valence-corrected chi connectivity index (χ2v) is 26.3. The predicted octanol–water partition coefficient (Wildman–Crippen LogP) is 25.4. The van der Waals surface area contributed by atoms with Crippen LogP contribution in [0.1, 0.15) is 412 Å². The number of allylic oxidation sites excluding steroid dienone is 9. The molecule has 0 aliphatic heterocycles. The number of carbonyl (C=O) groups excluding carboxylic acids is 2. The highest BCUT2D eigenvalue weighted by atomic mass is 16.5. The summed E-state index contributed by atoms with van der Waals surface area (Å²) >= 11 is 0. The molecule has 1 amide bonds. The van der Waals surface area contributed by atoms with E-state index in [-0.39, 0.29) is 18.5 Å². The normalized spacial score (nSPS) is 12.8. The SMILES string of the molecule is CCCCCC/C=C\C/C=C\CCCCCCCCCC(=O)OCCCCCCCCCCCCC/C=C\C/C=C\CCCCCCCCCCCCCCCCCCCC(=O)NC(CO)C(O)/C=C/CCCCCCCCCCCCCCCC. The summed E-state index contributed by atoms with van der Waals surface area (Å²) in [7, 11) is 0. The van der Waals surface area contributed by atoms with Crippen molar-refractivity contribution in [3.8, 4) is 0 Å². The molecular weight excluding hydrogens is 1050 g/mol. The molecule has 3 N–H and O–H groups in total. The van der Waals surface area contributed by atoms with Crippen LogP contribution in [0, 0.1) is 0 Å². The quantitative estimate of drug-likeness (QED) is 0.0320.